The highest BCUT2D eigenvalue weighted by atomic mass is 16.4. The van der Waals surface area contributed by atoms with E-state index in [1.807, 2.05) is 18.4 Å². The third kappa shape index (κ3) is 1.22. The van der Waals surface area contributed by atoms with Crippen LogP contribution in [0.2, 0.25) is 0 Å². The number of hydrogen-bond acceptors (Lipinski definition) is 2. The van der Waals surface area contributed by atoms with E-state index in [-0.39, 0.29) is 12.0 Å². The lowest BCUT2D eigenvalue weighted by Crippen LogP contribution is -2.14. The number of aromatic nitrogens is 2. The largest absolute Gasteiger partial charge is 0.481 e. The number of imidazole rings is 1. The molecule has 1 N–H and O–H groups in total. The van der Waals surface area contributed by atoms with Crippen LogP contribution in [0.5, 0.6) is 0 Å². The van der Waals surface area contributed by atoms with Gasteiger partial charge in [0.1, 0.15) is 0 Å². The van der Waals surface area contributed by atoms with E-state index < -0.39 is 5.97 Å². The summed E-state index contributed by atoms with van der Waals surface area (Å²) in [6.45, 7) is 4.08. The van der Waals surface area contributed by atoms with E-state index in [9.17, 15) is 4.79 Å². The Kier molecular flexibility index (Phi) is 2.06. The zero-order chi connectivity index (χ0) is 10.3. The zero-order valence-corrected chi connectivity index (χ0v) is 8.40. The van der Waals surface area contributed by atoms with Crippen LogP contribution in [0.4, 0.5) is 0 Å². The minimum absolute atomic E-state index is 0.284. The third-order valence-corrected chi connectivity index (χ3v) is 2.77. The molecule has 0 aliphatic heterocycles. The Morgan fingerprint density at radius 1 is 1.71 bits per heavy atom. The zero-order valence-electron chi connectivity index (χ0n) is 8.40. The van der Waals surface area contributed by atoms with Gasteiger partial charge in [-0.15, -0.1) is 0 Å². The van der Waals surface area contributed by atoms with Crippen LogP contribution in [0.3, 0.4) is 0 Å². The van der Waals surface area contributed by atoms with E-state index in [0.717, 1.165) is 17.8 Å². The molecule has 0 radical (unpaired) electrons. The first-order valence-electron chi connectivity index (χ1n) is 4.89. The monoisotopic (exact) mass is 194 g/mol. The lowest BCUT2D eigenvalue weighted by molar-refractivity contribution is -0.138. The van der Waals surface area contributed by atoms with Crippen molar-refractivity contribution in [1.82, 2.24) is 9.55 Å². The summed E-state index contributed by atoms with van der Waals surface area (Å²) >= 11 is 0. The Morgan fingerprint density at radius 3 is 3.00 bits per heavy atom. The van der Waals surface area contributed by atoms with Crippen molar-refractivity contribution in [2.45, 2.75) is 38.6 Å². The normalized spacial score (nSPS) is 20.1. The van der Waals surface area contributed by atoms with Gasteiger partial charge in [0.2, 0.25) is 0 Å². The van der Waals surface area contributed by atoms with Gasteiger partial charge in [-0.05, 0) is 26.7 Å². The molecule has 0 saturated carbocycles. The van der Waals surface area contributed by atoms with Gasteiger partial charge in [0.15, 0.2) is 0 Å². The van der Waals surface area contributed by atoms with Crippen molar-refractivity contribution in [3.8, 4) is 0 Å². The summed E-state index contributed by atoms with van der Waals surface area (Å²) < 4.78 is 1.97. The quantitative estimate of drug-likeness (QED) is 0.777. The number of fused-ring (bicyclic) bond motifs is 1. The van der Waals surface area contributed by atoms with Gasteiger partial charge in [-0.25, -0.2) is 4.98 Å². The predicted octanol–water partition coefficient (Wildman–Crippen LogP) is 1.58. The van der Waals surface area contributed by atoms with E-state index in [1.54, 1.807) is 6.33 Å². The van der Waals surface area contributed by atoms with Crippen LogP contribution < -0.4 is 0 Å². The Balaban J connectivity index is 2.45. The van der Waals surface area contributed by atoms with Crippen LogP contribution in [0.15, 0.2) is 6.33 Å². The van der Waals surface area contributed by atoms with Crippen LogP contribution in [0, 0.1) is 0 Å². The molecular formula is C10H14N2O2. The topological polar surface area (TPSA) is 55.1 Å². The van der Waals surface area contributed by atoms with Gasteiger partial charge in [0.25, 0.3) is 0 Å². The molecule has 76 valence electrons. The summed E-state index contributed by atoms with van der Waals surface area (Å²) in [6, 6.07) is 0.284. The molecule has 1 unspecified atom stereocenters. The molecular weight excluding hydrogens is 180 g/mol. The average molecular weight is 194 g/mol. The van der Waals surface area contributed by atoms with Crippen LogP contribution in [0.25, 0.3) is 0 Å². The van der Waals surface area contributed by atoms with Gasteiger partial charge >= 0.3 is 5.97 Å². The summed E-state index contributed by atoms with van der Waals surface area (Å²) in [4.78, 5) is 15.2. The Morgan fingerprint density at radius 2 is 2.43 bits per heavy atom. The summed E-state index contributed by atoms with van der Waals surface area (Å²) in [5.74, 6) is -1.08. The van der Waals surface area contributed by atoms with Crippen molar-refractivity contribution < 1.29 is 9.90 Å². The van der Waals surface area contributed by atoms with Crippen molar-refractivity contribution in [3.05, 3.63) is 17.7 Å². The second-order valence-electron chi connectivity index (χ2n) is 4.01. The molecule has 1 aromatic rings. The van der Waals surface area contributed by atoms with E-state index in [1.165, 1.54) is 0 Å². The second-order valence-corrected chi connectivity index (χ2v) is 4.01. The maximum Gasteiger partial charge on any atom is 0.312 e. The molecule has 0 spiro atoms. The molecule has 1 aliphatic rings. The van der Waals surface area contributed by atoms with Gasteiger partial charge in [-0.3, -0.25) is 4.79 Å². The van der Waals surface area contributed by atoms with E-state index in [4.69, 9.17) is 5.11 Å². The summed E-state index contributed by atoms with van der Waals surface area (Å²) in [5, 5.41) is 9.04. The van der Waals surface area contributed by atoms with Crippen LogP contribution >= 0.6 is 0 Å². The fourth-order valence-electron chi connectivity index (χ4n) is 2.05. The molecule has 0 amide bonds. The first kappa shape index (κ1) is 9.24. The number of carboxylic acid groups (broad SMARTS) is 1. The lowest BCUT2D eigenvalue weighted by Gasteiger charge is -2.13. The molecule has 0 fully saturated rings. The highest BCUT2D eigenvalue weighted by Gasteiger charge is 2.33. The molecule has 1 heterocycles. The van der Waals surface area contributed by atoms with Gasteiger partial charge in [0, 0.05) is 6.04 Å². The number of hydrogen-bond donors (Lipinski definition) is 1. The Bertz CT molecular complexity index is 368. The lowest BCUT2D eigenvalue weighted by atomic mass is 10.1. The smallest absolute Gasteiger partial charge is 0.312 e. The maximum atomic E-state index is 11.0. The minimum Gasteiger partial charge on any atom is -0.481 e. The Hall–Kier alpha value is -1.32. The maximum absolute atomic E-state index is 11.0. The molecule has 2 rings (SSSR count). The molecule has 0 aromatic carbocycles. The SMILES string of the molecule is CC(C)n1cnc2c1C(C(=O)O)CC2. The summed E-state index contributed by atoms with van der Waals surface area (Å²) in [7, 11) is 0. The molecule has 1 aliphatic carbocycles. The minimum atomic E-state index is -0.730. The van der Waals surface area contributed by atoms with E-state index >= 15 is 0 Å². The fraction of sp³-hybridized carbons (Fsp3) is 0.600. The van der Waals surface area contributed by atoms with E-state index in [0.29, 0.717) is 6.42 Å². The molecule has 1 atom stereocenters. The van der Waals surface area contributed by atoms with E-state index in [2.05, 4.69) is 4.98 Å². The molecule has 1 aromatic heterocycles. The summed E-state index contributed by atoms with van der Waals surface area (Å²) in [5.41, 5.74) is 1.87. The average Bonchev–Trinajstić information content (AvgIpc) is 2.59. The number of carboxylic acids is 1. The number of nitrogens with zero attached hydrogens (tertiary/aromatic N) is 2. The predicted molar refractivity (Wildman–Crippen MR) is 51.3 cm³/mol. The van der Waals surface area contributed by atoms with Crippen molar-refractivity contribution >= 4 is 5.97 Å². The molecule has 4 heteroatoms. The van der Waals surface area contributed by atoms with Gasteiger partial charge in [-0.1, -0.05) is 0 Å². The van der Waals surface area contributed by atoms with Crippen molar-refractivity contribution in [3.63, 3.8) is 0 Å². The standard InChI is InChI=1S/C10H14N2O2/c1-6(2)12-5-11-8-4-3-7(9(8)12)10(13)14/h5-7H,3-4H2,1-2H3,(H,13,14). The molecule has 4 nitrogen and oxygen atoms in total. The molecule has 0 bridgehead atoms. The second kappa shape index (κ2) is 3.12. The van der Waals surface area contributed by atoms with Crippen molar-refractivity contribution in [1.29, 1.82) is 0 Å². The highest BCUT2D eigenvalue weighted by molar-refractivity contribution is 5.76. The first-order valence-corrected chi connectivity index (χ1v) is 4.89. The summed E-state index contributed by atoms with van der Waals surface area (Å²) in [6.07, 6.45) is 3.25. The number of aliphatic carboxylic acids is 1. The molecule has 0 saturated heterocycles. The Labute approximate surface area is 82.6 Å². The highest BCUT2D eigenvalue weighted by Crippen LogP contribution is 2.33. The number of aryl methyl sites for hydroxylation is 1. The number of carbonyl (C=O) groups is 1. The van der Waals surface area contributed by atoms with Crippen LogP contribution in [-0.2, 0) is 11.2 Å². The van der Waals surface area contributed by atoms with Crippen LogP contribution in [0.1, 0.15) is 43.6 Å². The van der Waals surface area contributed by atoms with Gasteiger partial charge in [-0.2, -0.15) is 0 Å². The first-order chi connectivity index (χ1) is 6.61. The number of rotatable bonds is 2. The molecule has 14 heavy (non-hydrogen) atoms. The van der Waals surface area contributed by atoms with Crippen molar-refractivity contribution in [2.24, 2.45) is 0 Å². The fourth-order valence-corrected chi connectivity index (χ4v) is 2.05. The van der Waals surface area contributed by atoms with Gasteiger partial charge in [0.05, 0.1) is 23.6 Å². The third-order valence-electron chi connectivity index (χ3n) is 2.77. The van der Waals surface area contributed by atoms with Crippen molar-refractivity contribution in [2.75, 3.05) is 0 Å². The van der Waals surface area contributed by atoms with Crippen LogP contribution in [-0.4, -0.2) is 20.6 Å². The van der Waals surface area contributed by atoms with Gasteiger partial charge < -0.3 is 9.67 Å².